The Hall–Kier alpha value is -2.33. The number of phenolic OH excluding ortho intramolecular Hbond substituents is 1. The molecular formula is C22H33NO8. The van der Waals surface area contributed by atoms with Crippen molar-refractivity contribution in [2.45, 2.75) is 55.8 Å². The van der Waals surface area contributed by atoms with Gasteiger partial charge in [-0.1, -0.05) is 31.4 Å². The molecule has 0 radical (unpaired) electrons. The molecule has 174 valence electrons. The molecule has 1 heterocycles. The summed E-state index contributed by atoms with van der Waals surface area (Å²) in [6.07, 6.45) is 2.43. The van der Waals surface area contributed by atoms with Crippen molar-refractivity contribution in [2.75, 3.05) is 27.2 Å². The number of likely N-dealkylation sites (N-methyl/N-ethyl adjacent to an activating group) is 1. The summed E-state index contributed by atoms with van der Waals surface area (Å²) in [6.45, 7) is 0.163. The fraction of sp³-hybridized carbons (Fsp3) is 0.591. The van der Waals surface area contributed by atoms with E-state index in [-0.39, 0.29) is 11.7 Å². The second kappa shape index (κ2) is 10.8. The molecule has 6 N–H and O–H groups in total. The molecule has 0 saturated heterocycles. The summed E-state index contributed by atoms with van der Waals surface area (Å²) in [6, 6.07) is 7.31. The Balaban J connectivity index is 0.000000245. The number of aliphatic hydroxyl groups excluding tert-OH is 4. The van der Waals surface area contributed by atoms with Crippen molar-refractivity contribution in [3.8, 4) is 5.75 Å². The van der Waals surface area contributed by atoms with Gasteiger partial charge in [0.1, 0.15) is 11.9 Å². The lowest BCUT2D eigenvalue weighted by Crippen LogP contribution is -2.42. The zero-order valence-corrected chi connectivity index (χ0v) is 17.9. The molecule has 1 fully saturated rings. The van der Waals surface area contributed by atoms with Crippen molar-refractivity contribution in [3.05, 3.63) is 41.3 Å². The molecule has 9 heteroatoms. The molecule has 0 amide bonds. The van der Waals surface area contributed by atoms with Gasteiger partial charge in [0.15, 0.2) is 11.9 Å². The van der Waals surface area contributed by atoms with E-state index in [1.807, 2.05) is 26.2 Å². The number of cyclic esters (lactones) is 1. The molecule has 31 heavy (non-hydrogen) atoms. The molecule has 1 aromatic carbocycles. The number of rotatable bonds is 6. The number of hydrogen-bond acceptors (Lipinski definition) is 9. The number of phenols is 1. The van der Waals surface area contributed by atoms with Crippen molar-refractivity contribution < 1.29 is 40.2 Å². The van der Waals surface area contributed by atoms with Crippen LogP contribution in [0.25, 0.3) is 0 Å². The average Bonchev–Trinajstić information content (AvgIpc) is 3.00. The largest absolute Gasteiger partial charge is 0.508 e. The topological polar surface area (TPSA) is 151 Å². The lowest BCUT2D eigenvalue weighted by molar-refractivity contribution is -0.147. The Labute approximate surface area is 181 Å². The van der Waals surface area contributed by atoms with Gasteiger partial charge in [-0.2, -0.15) is 0 Å². The van der Waals surface area contributed by atoms with Crippen LogP contribution in [-0.4, -0.2) is 86.6 Å². The number of aliphatic hydroxyl groups is 5. The lowest BCUT2D eigenvalue weighted by atomic mass is 9.72. The van der Waals surface area contributed by atoms with Crippen LogP contribution in [0.1, 0.15) is 43.6 Å². The molecule has 9 nitrogen and oxygen atoms in total. The van der Waals surface area contributed by atoms with E-state index >= 15 is 0 Å². The standard InChI is InChI=1S/C16H25NO2.C6H8O6/c1-17(2)12-15(13-6-8-14(18)9-7-13)16(19)10-4-3-5-11-16;7-1-2(8)5-3(9)4(10)6(11)12-5/h6-9,15,18-19H,3-5,10-12H2,1-2H3;2,5,7-10H,1H2/t;2-,5+/m.0/s1. The van der Waals surface area contributed by atoms with E-state index in [4.69, 9.17) is 20.4 Å². The van der Waals surface area contributed by atoms with Gasteiger partial charge < -0.3 is 40.3 Å². The first-order valence-corrected chi connectivity index (χ1v) is 10.4. The summed E-state index contributed by atoms with van der Waals surface area (Å²) >= 11 is 0. The van der Waals surface area contributed by atoms with Crippen molar-refractivity contribution >= 4 is 5.97 Å². The third-order valence-electron chi connectivity index (χ3n) is 5.69. The number of ether oxygens (including phenoxy) is 1. The fourth-order valence-corrected chi connectivity index (χ4v) is 3.99. The summed E-state index contributed by atoms with van der Waals surface area (Å²) < 4.78 is 4.32. The summed E-state index contributed by atoms with van der Waals surface area (Å²) in [7, 11) is 4.08. The molecule has 1 unspecified atom stereocenters. The van der Waals surface area contributed by atoms with E-state index in [0.717, 1.165) is 37.8 Å². The highest BCUT2D eigenvalue weighted by molar-refractivity contribution is 5.89. The maximum absolute atomic E-state index is 11.0. The van der Waals surface area contributed by atoms with E-state index in [9.17, 15) is 15.0 Å². The number of carbonyl (C=O) groups is 1. The van der Waals surface area contributed by atoms with Crippen LogP contribution in [0.4, 0.5) is 0 Å². The molecule has 1 aliphatic heterocycles. The van der Waals surface area contributed by atoms with Gasteiger partial charge in [-0.3, -0.25) is 0 Å². The first-order valence-electron chi connectivity index (χ1n) is 10.4. The van der Waals surface area contributed by atoms with Gasteiger partial charge in [0.25, 0.3) is 0 Å². The Morgan fingerprint density at radius 2 is 1.68 bits per heavy atom. The highest BCUT2D eigenvalue weighted by atomic mass is 16.6. The number of benzene rings is 1. The van der Waals surface area contributed by atoms with Crippen LogP contribution in [0.15, 0.2) is 35.8 Å². The Kier molecular flexibility index (Phi) is 8.69. The maximum atomic E-state index is 11.0. The number of hydrogen-bond donors (Lipinski definition) is 6. The van der Waals surface area contributed by atoms with Crippen molar-refractivity contribution in [2.24, 2.45) is 0 Å². The number of esters is 1. The molecule has 0 spiro atoms. The molecule has 0 aromatic heterocycles. The molecule has 3 rings (SSSR count). The minimum Gasteiger partial charge on any atom is -0.508 e. The SMILES string of the molecule is CN(C)CC(c1ccc(O)cc1)C1(O)CCCCC1.O=C1O[C@H]([C@@H](O)CO)C(O)=C1O. The Morgan fingerprint density at radius 1 is 1.10 bits per heavy atom. The van der Waals surface area contributed by atoms with Gasteiger partial charge in [0, 0.05) is 12.5 Å². The number of nitrogens with zero attached hydrogens (tertiary/aromatic N) is 1. The minimum absolute atomic E-state index is 0.114. The van der Waals surface area contributed by atoms with Crippen LogP contribution in [0.2, 0.25) is 0 Å². The van der Waals surface area contributed by atoms with Gasteiger partial charge in [-0.25, -0.2) is 4.79 Å². The average molecular weight is 440 g/mol. The van der Waals surface area contributed by atoms with E-state index in [1.165, 1.54) is 6.42 Å². The minimum atomic E-state index is -1.42. The molecule has 1 aromatic rings. The molecule has 3 atom stereocenters. The van der Waals surface area contributed by atoms with E-state index in [1.54, 1.807) is 12.1 Å². The quantitative estimate of drug-likeness (QED) is 0.361. The Morgan fingerprint density at radius 3 is 2.13 bits per heavy atom. The highest BCUT2D eigenvalue weighted by Crippen LogP contribution is 2.40. The molecule has 1 aliphatic carbocycles. The highest BCUT2D eigenvalue weighted by Gasteiger charge is 2.39. The second-order valence-electron chi connectivity index (χ2n) is 8.38. The molecular weight excluding hydrogens is 406 g/mol. The summed E-state index contributed by atoms with van der Waals surface area (Å²) in [5.74, 6) is -2.38. The summed E-state index contributed by atoms with van der Waals surface area (Å²) in [4.78, 5) is 12.7. The van der Waals surface area contributed by atoms with Crippen molar-refractivity contribution in [3.63, 3.8) is 0 Å². The number of aromatic hydroxyl groups is 1. The van der Waals surface area contributed by atoms with Gasteiger partial charge in [-0.15, -0.1) is 0 Å². The fourth-order valence-electron chi connectivity index (χ4n) is 3.99. The third kappa shape index (κ3) is 6.33. The second-order valence-corrected chi connectivity index (χ2v) is 8.38. The van der Waals surface area contributed by atoms with Gasteiger partial charge in [-0.05, 0) is 44.6 Å². The first kappa shape index (κ1) is 24.9. The van der Waals surface area contributed by atoms with Crippen molar-refractivity contribution in [1.82, 2.24) is 4.90 Å². The van der Waals surface area contributed by atoms with E-state index in [2.05, 4.69) is 9.64 Å². The van der Waals surface area contributed by atoms with Gasteiger partial charge in [0.05, 0.1) is 12.2 Å². The van der Waals surface area contributed by atoms with Gasteiger partial charge >= 0.3 is 5.97 Å². The first-order chi connectivity index (χ1) is 14.6. The molecule has 0 bridgehead atoms. The Bertz CT molecular complexity index is 755. The van der Waals surface area contributed by atoms with Crippen LogP contribution >= 0.6 is 0 Å². The third-order valence-corrected chi connectivity index (χ3v) is 5.69. The summed E-state index contributed by atoms with van der Waals surface area (Å²) in [5, 5.41) is 55.5. The van der Waals surface area contributed by atoms with Crippen LogP contribution in [0, 0.1) is 0 Å². The monoisotopic (exact) mass is 439 g/mol. The van der Waals surface area contributed by atoms with Gasteiger partial charge in [0.2, 0.25) is 5.76 Å². The number of carbonyl (C=O) groups excluding carboxylic acids is 1. The van der Waals surface area contributed by atoms with E-state index < -0.39 is 41.9 Å². The maximum Gasteiger partial charge on any atom is 0.377 e. The molecule has 2 aliphatic rings. The predicted molar refractivity (Wildman–Crippen MR) is 113 cm³/mol. The normalized spacial score (nSPS) is 22.5. The van der Waals surface area contributed by atoms with Crippen LogP contribution < -0.4 is 0 Å². The lowest BCUT2D eigenvalue weighted by Gasteiger charge is -2.40. The predicted octanol–water partition coefficient (Wildman–Crippen LogP) is 1.33. The van der Waals surface area contributed by atoms with Crippen molar-refractivity contribution in [1.29, 1.82) is 0 Å². The van der Waals surface area contributed by atoms with E-state index in [0.29, 0.717) is 0 Å². The van der Waals surface area contributed by atoms with Crippen LogP contribution in [0.5, 0.6) is 5.75 Å². The summed E-state index contributed by atoms with van der Waals surface area (Å²) in [5.41, 5.74) is 0.523. The zero-order valence-electron chi connectivity index (χ0n) is 17.9. The molecule has 1 saturated carbocycles. The van der Waals surface area contributed by atoms with Crippen LogP contribution in [-0.2, 0) is 9.53 Å². The zero-order chi connectivity index (χ0) is 23.2. The smallest absolute Gasteiger partial charge is 0.377 e. The van der Waals surface area contributed by atoms with Crippen LogP contribution in [0.3, 0.4) is 0 Å².